The number of hydrogen-bond acceptors (Lipinski definition) is 4. The summed E-state index contributed by atoms with van der Waals surface area (Å²) in [4.78, 5) is 10.0. The predicted octanol–water partition coefficient (Wildman–Crippen LogP) is 3.78. The largest absolute Gasteiger partial charge is 0.363 e. The lowest BCUT2D eigenvalue weighted by atomic mass is 10.3. The molecule has 0 spiro atoms. The highest BCUT2D eigenvalue weighted by Crippen LogP contribution is 2.19. The number of anilines is 1. The fourth-order valence-electron chi connectivity index (χ4n) is 1.48. The van der Waals surface area contributed by atoms with Crippen LogP contribution in [0.4, 0.5) is 5.82 Å². The molecule has 2 aromatic rings. The summed E-state index contributed by atoms with van der Waals surface area (Å²) in [6.07, 6.45) is 4.80. The number of pyridine rings is 1. The van der Waals surface area contributed by atoms with Crippen molar-refractivity contribution in [1.82, 2.24) is 9.97 Å². The highest BCUT2D eigenvalue weighted by molar-refractivity contribution is 9.10. The molecule has 0 amide bonds. The van der Waals surface area contributed by atoms with Gasteiger partial charge in [0.25, 0.3) is 0 Å². The fraction of sp³-hybridized carbons (Fsp3) is 0.333. The summed E-state index contributed by atoms with van der Waals surface area (Å²) >= 11 is 5.15. The number of thiazole rings is 1. The summed E-state index contributed by atoms with van der Waals surface area (Å²) in [5.74, 6) is 0.918. The Morgan fingerprint density at radius 3 is 2.82 bits per heavy atom. The van der Waals surface area contributed by atoms with E-state index in [-0.39, 0.29) is 0 Å². The number of aromatic nitrogens is 2. The number of hydrogen-bond donors (Lipinski definition) is 1. The maximum absolute atomic E-state index is 4.37. The second-order valence-corrected chi connectivity index (χ2v) is 5.86. The van der Waals surface area contributed by atoms with E-state index in [4.69, 9.17) is 0 Å². The fourth-order valence-corrected chi connectivity index (χ4v) is 2.73. The van der Waals surface area contributed by atoms with E-state index < -0.39 is 0 Å². The van der Waals surface area contributed by atoms with Crippen LogP contribution in [0.3, 0.4) is 0 Å². The Morgan fingerprint density at radius 1 is 1.35 bits per heavy atom. The second kappa shape index (κ2) is 5.60. The first-order chi connectivity index (χ1) is 8.19. The summed E-state index contributed by atoms with van der Waals surface area (Å²) in [6.45, 7) is 4.92. The lowest BCUT2D eigenvalue weighted by molar-refractivity contribution is 1.06. The van der Waals surface area contributed by atoms with Crippen LogP contribution in [0, 0.1) is 6.92 Å². The predicted molar refractivity (Wildman–Crippen MR) is 75.5 cm³/mol. The van der Waals surface area contributed by atoms with Crippen molar-refractivity contribution in [2.24, 2.45) is 0 Å². The molecule has 0 radical (unpaired) electrons. The minimum absolute atomic E-state index is 0.736. The van der Waals surface area contributed by atoms with Crippen molar-refractivity contribution in [3.8, 4) is 0 Å². The van der Waals surface area contributed by atoms with E-state index in [0.717, 1.165) is 33.8 Å². The van der Waals surface area contributed by atoms with Gasteiger partial charge in [0.2, 0.25) is 0 Å². The molecule has 0 aliphatic heterocycles. The van der Waals surface area contributed by atoms with E-state index in [1.54, 1.807) is 17.5 Å². The quantitative estimate of drug-likeness (QED) is 0.933. The second-order valence-electron chi connectivity index (χ2n) is 3.75. The van der Waals surface area contributed by atoms with Crippen LogP contribution >= 0.6 is 27.3 Å². The lowest BCUT2D eigenvalue weighted by Crippen LogP contribution is -2.02. The molecule has 2 heterocycles. The third kappa shape index (κ3) is 3.26. The Morgan fingerprint density at radius 2 is 2.18 bits per heavy atom. The van der Waals surface area contributed by atoms with Gasteiger partial charge in [-0.1, -0.05) is 6.92 Å². The average molecular weight is 312 g/mol. The molecule has 0 bridgehead atoms. The highest BCUT2D eigenvalue weighted by atomic mass is 79.9. The third-order valence-electron chi connectivity index (χ3n) is 2.40. The molecular formula is C12H14BrN3S. The molecule has 2 aromatic heterocycles. The lowest BCUT2D eigenvalue weighted by Gasteiger charge is -2.06. The van der Waals surface area contributed by atoms with E-state index in [0.29, 0.717) is 0 Å². The van der Waals surface area contributed by atoms with E-state index >= 15 is 0 Å². The topological polar surface area (TPSA) is 37.8 Å². The number of rotatable bonds is 4. The van der Waals surface area contributed by atoms with E-state index in [9.17, 15) is 0 Å². The van der Waals surface area contributed by atoms with Crippen molar-refractivity contribution in [3.63, 3.8) is 0 Å². The van der Waals surface area contributed by atoms with Crippen molar-refractivity contribution < 1.29 is 0 Å². The molecule has 0 fully saturated rings. The normalized spacial score (nSPS) is 10.5. The number of halogens is 1. The van der Waals surface area contributed by atoms with Crippen LogP contribution in [-0.2, 0) is 13.0 Å². The Bertz CT molecular complexity index is 510. The smallest absolute Gasteiger partial charge is 0.129 e. The van der Waals surface area contributed by atoms with Gasteiger partial charge in [0.15, 0.2) is 0 Å². The summed E-state index contributed by atoms with van der Waals surface area (Å²) in [6, 6.07) is 2.05. The molecule has 0 saturated carbocycles. The summed E-state index contributed by atoms with van der Waals surface area (Å²) < 4.78 is 1.00. The first-order valence-corrected chi connectivity index (χ1v) is 7.09. The van der Waals surface area contributed by atoms with Gasteiger partial charge in [0, 0.05) is 21.7 Å². The SMILES string of the molecule is CCc1cnc(CNc2ncc(Br)cc2C)s1. The number of nitrogens with zero attached hydrogens (tertiary/aromatic N) is 2. The Labute approximate surface area is 113 Å². The molecule has 0 saturated heterocycles. The van der Waals surface area contributed by atoms with Crippen LogP contribution in [0.1, 0.15) is 22.4 Å². The first-order valence-electron chi connectivity index (χ1n) is 5.48. The molecule has 0 unspecified atom stereocenters. The van der Waals surface area contributed by atoms with Crippen molar-refractivity contribution in [1.29, 1.82) is 0 Å². The van der Waals surface area contributed by atoms with Crippen LogP contribution < -0.4 is 5.32 Å². The molecule has 90 valence electrons. The zero-order valence-corrected chi connectivity index (χ0v) is 12.2. The van der Waals surface area contributed by atoms with Gasteiger partial charge in [0.05, 0.1) is 6.54 Å². The zero-order valence-electron chi connectivity index (χ0n) is 9.83. The van der Waals surface area contributed by atoms with Gasteiger partial charge in [-0.15, -0.1) is 11.3 Å². The minimum atomic E-state index is 0.736. The number of nitrogens with one attached hydrogen (secondary N) is 1. The van der Waals surface area contributed by atoms with Crippen molar-refractivity contribution in [2.75, 3.05) is 5.32 Å². The van der Waals surface area contributed by atoms with Gasteiger partial charge in [-0.3, -0.25) is 0 Å². The van der Waals surface area contributed by atoms with Crippen LogP contribution in [0.15, 0.2) is 22.9 Å². The number of aryl methyl sites for hydroxylation is 2. The van der Waals surface area contributed by atoms with Gasteiger partial charge in [-0.25, -0.2) is 9.97 Å². The molecule has 2 rings (SSSR count). The first kappa shape index (κ1) is 12.5. The molecular weight excluding hydrogens is 298 g/mol. The molecule has 3 nitrogen and oxygen atoms in total. The Balaban J connectivity index is 2.02. The van der Waals surface area contributed by atoms with Gasteiger partial charge in [-0.2, -0.15) is 0 Å². The van der Waals surface area contributed by atoms with Gasteiger partial charge in [-0.05, 0) is 40.9 Å². The zero-order chi connectivity index (χ0) is 12.3. The molecule has 0 aliphatic rings. The third-order valence-corrected chi connectivity index (χ3v) is 3.98. The summed E-state index contributed by atoms with van der Waals surface area (Å²) in [7, 11) is 0. The van der Waals surface area contributed by atoms with Crippen LogP contribution in [0.25, 0.3) is 0 Å². The minimum Gasteiger partial charge on any atom is -0.363 e. The molecule has 5 heteroatoms. The molecule has 0 aromatic carbocycles. The standard InChI is InChI=1S/C12H14BrN3S/c1-3-10-6-14-11(17-10)7-16-12-8(2)4-9(13)5-15-12/h4-6H,3,7H2,1-2H3,(H,15,16). The van der Waals surface area contributed by atoms with Gasteiger partial charge < -0.3 is 5.32 Å². The van der Waals surface area contributed by atoms with Crippen LogP contribution in [-0.4, -0.2) is 9.97 Å². The summed E-state index contributed by atoms with van der Waals surface area (Å²) in [5.41, 5.74) is 1.13. The Kier molecular flexibility index (Phi) is 4.12. The van der Waals surface area contributed by atoms with Crippen LogP contribution in [0.2, 0.25) is 0 Å². The Hall–Kier alpha value is -0.940. The highest BCUT2D eigenvalue weighted by Gasteiger charge is 2.03. The van der Waals surface area contributed by atoms with Crippen molar-refractivity contribution in [2.45, 2.75) is 26.8 Å². The molecule has 17 heavy (non-hydrogen) atoms. The van der Waals surface area contributed by atoms with E-state index in [2.05, 4.69) is 44.2 Å². The van der Waals surface area contributed by atoms with Crippen molar-refractivity contribution >= 4 is 33.1 Å². The molecule has 1 N–H and O–H groups in total. The maximum atomic E-state index is 4.37. The van der Waals surface area contributed by atoms with E-state index in [1.807, 2.05) is 13.1 Å². The van der Waals surface area contributed by atoms with Crippen LogP contribution in [0.5, 0.6) is 0 Å². The summed E-state index contributed by atoms with van der Waals surface area (Å²) in [5, 5.41) is 4.41. The molecule has 0 atom stereocenters. The van der Waals surface area contributed by atoms with E-state index in [1.165, 1.54) is 4.88 Å². The molecule has 0 aliphatic carbocycles. The monoisotopic (exact) mass is 311 g/mol. The van der Waals surface area contributed by atoms with Crippen molar-refractivity contribution in [3.05, 3.63) is 38.4 Å². The van der Waals surface area contributed by atoms with Gasteiger partial charge >= 0.3 is 0 Å². The average Bonchev–Trinajstić information content (AvgIpc) is 2.76. The van der Waals surface area contributed by atoms with Gasteiger partial charge in [0.1, 0.15) is 10.8 Å². The maximum Gasteiger partial charge on any atom is 0.129 e.